The molecule has 0 aromatic heterocycles. The molecule has 0 amide bonds. The van der Waals surface area contributed by atoms with Crippen molar-refractivity contribution in [3.05, 3.63) is 41.5 Å². The van der Waals surface area contributed by atoms with Crippen LogP contribution in [0.4, 0.5) is 5.69 Å². The Balaban J connectivity index is 1.67. The topological polar surface area (TPSA) is 29.1 Å². The van der Waals surface area contributed by atoms with Crippen LogP contribution in [0.5, 0.6) is 0 Å². The average molecular weight is 269 g/mol. The summed E-state index contributed by atoms with van der Waals surface area (Å²) in [6, 6.07) is 8.38. The molecule has 1 atom stereocenters. The van der Waals surface area contributed by atoms with E-state index in [-0.39, 0.29) is 0 Å². The number of allylic oxidation sites excluding steroid dienone is 2. The van der Waals surface area contributed by atoms with Crippen LogP contribution in [0.1, 0.15) is 56.4 Å². The number of anilines is 1. The van der Waals surface area contributed by atoms with E-state index in [4.69, 9.17) is 0 Å². The van der Waals surface area contributed by atoms with Gasteiger partial charge in [0, 0.05) is 24.6 Å². The van der Waals surface area contributed by atoms with Gasteiger partial charge in [0.1, 0.15) is 0 Å². The lowest BCUT2D eigenvalue weighted by molar-refractivity contribution is -0.116. The molecule has 1 unspecified atom stereocenters. The molecule has 3 rings (SSSR count). The molecule has 0 spiro atoms. The van der Waals surface area contributed by atoms with Crippen LogP contribution in [-0.2, 0) is 4.79 Å². The summed E-state index contributed by atoms with van der Waals surface area (Å²) < 4.78 is 0. The minimum absolute atomic E-state index is 0.352. The molecule has 2 nitrogen and oxygen atoms in total. The second-order valence-corrected chi connectivity index (χ2v) is 5.97. The Bertz CT molecular complexity index is 518. The van der Waals surface area contributed by atoms with Gasteiger partial charge in [0.05, 0.1) is 0 Å². The van der Waals surface area contributed by atoms with Crippen molar-refractivity contribution >= 4 is 11.5 Å². The third kappa shape index (κ3) is 2.95. The van der Waals surface area contributed by atoms with Gasteiger partial charge < -0.3 is 5.32 Å². The predicted molar refractivity (Wildman–Crippen MR) is 83.1 cm³/mol. The van der Waals surface area contributed by atoms with Crippen LogP contribution in [0.2, 0.25) is 0 Å². The van der Waals surface area contributed by atoms with Crippen molar-refractivity contribution in [1.29, 1.82) is 0 Å². The molecule has 0 radical (unpaired) electrons. The van der Waals surface area contributed by atoms with Crippen LogP contribution in [0.15, 0.2) is 35.9 Å². The highest BCUT2D eigenvalue weighted by Gasteiger charge is 2.25. The number of carbonyl (C=O) groups is 1. The van der Waals surface area contributed by atoms with E-state index < -0.39 is 0 Å². The standard InChI is InChI=1S/C18H23NO/c20-18(14-8-4-2-1-3-5-9-14)12-15-13-19-17-11-7-6-10-16(15)17/h6-8,10-11,15,19H,1-5,9,12-13H2/b14-8+. The predicted octanol–water partition coefficient (Wildman–Crippen LogP) is 4.44. The van der Waals surface area contributed by atoms with Crippen LogP contribution < -0.4 is 5.32 Å². The van der Waals surface area contributed by atoms with Gasteiger partial charge in [-0.3, -0.25) is 4.79 Å². The first-order valence-electron chi connectivity index (χ1n) is 7.89. The number of hydrogen-bond acceptors (Lipinski definition) is 2. The van der Waals surface area contributed by atoms with Gasteiger partial charge in [-0.05, 0) is 42.9 Å². The summed E-state index contributed by atoms with van der Waals surface area (Å²) in [6.45, 7) is 0.901. The number of nitrogens with one attached hydrogen (secondary N) is 1. The molecule has 0 saturated heterocycles. The Labute approximate surface area is 121 Å². The Kier molecular flexibility index (Phi) is 4.19. The van der Waals surface area contributed by atoms with Crippen molar-refractivity contribution in [3.63, 3.8) is 0 Å². The van der Waals surface area contributed by atoms with E-state index in [1.54, 1.807) is 0 Å². The number of rotatable bonds is 3. The summed E-state index contributed by atoms with van der Waals surface area (Å²) in [4.78, 5) is 12.5. The van der Waals surface area contributed by atoms with Crippen LogP contribution in [0.3, 0.4) is 0 Å². The molecule has 0 saturated carbocycles. The maximum Gasteiger partial charge on any atom is 0.159 e. The molecule has 1 aromatic carbocycles. The van der Waals surface area contributed by atoms with E-state index in [1.165, 1.54) is 36.9 Å². The zero-order valence-electron chi connectivity index (χ0n) is 12.0. The van der Waals surface area contributed by atoms with Crippen molar-refractivity contribution in [1.82, 2.24) is 0 Å². The largest absolute Gasteiger partial charge is 0.384 e. The van der Waals surface area contributed by atoms with Gasteiger partial charge in [-0.25, -0.2) is 0 Å². The third-order valence-electron chi connectivity index (χ3n) is 4.52. The molecule has 1 aliphatic carbocycles. The molecule has 0 fully saturated rings. The molecular formula is C18H23NO. The summed E-state index contributed by atoms with van der Waals surface area (Å²) in [5, 5.41) is 3.41. The monoisotopic (exact) mass is 269 g/mol. The zero-order chi connectivity index (χ0) is 13.8. The molecule has 2 aliphatic rings. The number of carbonyl (C=O) groups excluding carboxylic acids is 1. The lowest BCUT2D eigenvalue weighted by atomic mass is 9.90. The van der Waals surface area contributed by atoms with Crippen LogP contribution in [0.25, 0.3) is 0 Å². The summed E-state index contributed by atoms with van der Waals surface area (Å²) in [7, 11) is 0. The van der Waals surface area contributed by atoms with Crippen LogP contribution in [-0.4, -0.2) is 12.3 Å². The van der Waals surface area contributed by atoms with Crippen LogP contribution >= 0.6 is 0 Å². The fourth-order valence-electron chi connectivity index (χ4n) is 3.34. The van der Waals surface area contributed by atoms with Gasteiger partial charge in [0.15, 0.2) is 5.78 Å². The summed E-state index contributed by atoms with van der Waals surface area (Å²) in [5.41, 5.74) is 3.61. The Morgan fingerprint density at radius 3 is 2.95 bits per heavy atom. The fourth-order valence-corrected chi connectivity index (χ4v) is 3.34. The number of Topliss-reactive ketones (excluding diaryl/α,β-unsaturated/α-hetero) is 1. The van der Waals surface area contributed by atoms with E-state index in [2.05, 4.69) is 29.6 Å². The molecule has 1 N–H and O–H groups in total. The number of fused-ring (bicyclic) bond motifs is 1. The first-order chi connectivity index (χ1) is 9.84. The Morgan fingerprint density at radius 2 is 2.00 bits per heavy atom. The average Bonchev–Trinajstić information content (AvgIpc) is 2.82. The lowest BCUT2D eigenvalue weighted by Crippen LogP contribution is -2.12. The van der Waals surface area contributed by atoms with E-state index in [9.17, 15) is 4.79 Å². The molecule has 1 aromatic rings. The Hall–Kier alpha value is -1.57. The first kappa shape index (κ1) is 13.4. The SMILES string of the molecule is O=C(CC1CNc2ccccc21)/C1=C/CCCCCC1. The number of benzene rings is 1. The molecule has 1 aliphatic heterocycles. The normalized spacial score (nSPS) is 24.8. The quantitative estimate of drug-likeness (QED) is 0.879. The number of ketones is 1. The zero-order valence-corrected chi connectivity index (χ0v) is 12.0. The molecule has 1 heterocycles. The minimum atomic E-state index is 0.352. The molecular weight excluding hydrogens is 246 g/mol. The van der Waals surface area contributed by atoms with Crippen molar-refractivity contribution in [2.24, 2.45) is 0 Å². The highest BCUT2D eigenvalue weighted by Crippen LogP contribution is 2.34. The fraction of sp³-hybridized carbons (Fsp3) is 0.500. The third-order valence-corrected chi connectivity index (χ3v) is 4.52. The molecule has 0 bridgehead atoms. The number of para-hydroxylation sites is 1. The van der Waals surface area contributed by atoms with Crippen LogP contribution in [0, 0.1) is 0 Å². The van der Waals surface area contributed by atoms with Gasteiger partial charge >= 0.3 is 0 Å². The lowest BCUT2D eigenvalue weighted by Gasteiger charge is -2.13. The second kappa shape index (κ2) is 6.25. The van der Waals surface area contributed by atoms with Crippen molar-refractivity contribution in [2.45, 2.75) is 50.9 Å². The van der Waals surface area contributed by atoms with Gasteiger partial charge in [-0.2, -0.15) is 0 Å². The summed E-state index contributed by atoms with van der Waals surface area (Å²) in [5.74, 6) is 0.723. The van der Waals surface area contributed by atoms with Crippen molar-refractivity contribution in [3.8, 4) is 0 Å². The van der Waals surface area contributed by atoms with E-state index in [0.29, 0.717) is 18.1 Å². The highest BCUT2D eigenvalue weighted by molar-refractivity contribution is 5.96. The van der Waals surface area contributed by atoms with E-state index >= 15 is 0 Å². The summed E-state index contributed by atoms with van der Waals surface area (Å²) in [6.07, 6.45) is 9.95. The summed E-state index contributed by atoms with van der Waals surface area (Å²) >= 11 is 0. The smallest absolute Gasteiger partial charge is 0.159 e. The molecule has 2 heteroatoms. The maximum absolute atomic E-state index is 12.5. The van der Waals surface area contributed by atoms with Gasteiger partial charge in [0.25, 0.3) is 0 Å². The molecule has 106 valence electrons. The van der Waals surface area contributed by atoms with E-state index in [0.717, 1.165) is 25.0 Å². The Morgan fingerprint density at radius 1 is 1.15 bits per heavy atom. The van der Waals surface area contributed by atoms with Crippen molar-refractivity contribution in [2.75, 3.05) is 11.9 Å². The minimum Gasteiger partial charge on any atom is -0.384 e. The first-order valence-corrected chi connectivity index (χ1v) is 7.89. The second-order valence-electron chi connectivity index (χ2n) is 5.97. The van der Waals surface area contributed by atoms with Crippen molar-refractivity contribution < 1.29 is 4.79 Å². The number of hydrogen-bond donors (Lipinski definition) is 1. The van der Waals surface area contributed by atoms with Gasteiger partial charge in [-0.15, -0.1) is 0 Å². The van der Waals surface area contributed by atoms with Gasteiger partial charge in [-0.1, -0.05) is 37.1 Å². The highest BCUT2D eigenvalue weighted by atomic mass is 16.1. The van der Waals surface area contributed by atoms with E-state index in [1.807, 2.05) is 6.07 Å². The molecule has 20 heavy (non-hydrogen) atoms. The maximum atomic E-state index is 12.5. The van der Waals surface area contributed by atoms with Gasteiger partial charge in [0.2, 0.25) is 0 Å².